The van der Waals surface area contributed by atoms with Crippen molar-refractivity contribution in [3.63, 3.8) is 0 Å². The molecular weight excluding hydrogens is 330 g/mol. The van der Waals surface area contributed by atoms with Crippen LogP contribution in [0.5, 0.6) is 0 Å². The quantitative estimate of drug-likeness (QED) is 0.814. The Balaban J connectivity index is 2.14. The molecule has 7 heteroatoms. The highest BCUT2D eigenvalue weighted by molar-refractivity contribution is 9.10. The lowest BCUT2D eigenvalue weighted by Crippen LogP contribution is -2.48. The van der Waals surface area contributed by atoms with Gasteiger partial charge < -0.3 is 4.90 Å². The Hall–Kier alpha value is -1.10. The van der Waals surface area contributed by atoms with E-state index in [9.17, 15) is 8.42 Å². The van der Waals surface area contributed by atoms with E-state index < -0.39 is 10.0 Å². The van der Waals surface area contributed by atoms with Crippen molar-refractivity contribution in [3.05, 3.63) is 28.2 Å². The van der Waals surface area contributed by atoms with E-state index in [1.54, 1.807) is 6.07 Å². The van der Waals surface area contributed by atoms with Crippen molar-refractivity contribution in [1.29, 1.82) is 5.26 Å². The zero-order chi connectivity index (χ0) is 14.0. The zero-order valence-corrected chi connectivity index (χ0v) is 12.9. The van der Waals surface area contributed by atoms with Crippen LogP contribution in [0.3, 0.4) is 0 Å². The highest BCUT2D eigenvalue weighted by Crippen LogP contribution is 2.24. The molecule has 2 rings (SSSR count). The Morgan fingerprint density at radius 3 is 2.37 bits per heavy atom. The SMILES string of the molecule is CS(=O)(=O)N1CCN(c2cc(Br)cc(C#N)c2)CC1. The lowest BCUT2D eigenvalue weighted by atomic mass is 10.2. The van der Waals surface area contributed by atoms with Crippen LogP contribution in [-0.2, 0) is 10.0 Å². The van der Waals surface area contributed by atoms with E-state index in [4.69, 9.17) is 5.26 Å². The number of halogens is 1. The monoisotopic (exact) mass is 343 g/mol. The maximum atomic E-state index is 11.4. The summed E-state index contributed by atoms with van der Waals surface area (Å²) in [6, 6.07) is 7.64. The van der Waals surface area contributed by atoms with Crippen LogP contribution in [-0.4, -0.2) is 45.2 Å². The zero-order valence-electron chi connectivity index (χ0n) is 10.5. The van der Waals surface area contributed by atoms with Crippen molar-refractivity contribution in [2.24, 2.45) is 0 Å². The summed E-state index contributed by atoms with van der Waals surface area (Å²) in [7, 11) is -3.11. The second-order valence-corrected chi connectivity index (χ2v) is 7.36. The Labute approximate surface area is 121 Å². The first-order valence-electron chi connectivity index (χ1n) is 5.81. The van der Waals surface area contributed by atoms with Gasteiger partial charge in [-0.2, -0.15) is 9.57 Å². The fourth-order valence-corrected chi connectivity index (χ4v) is 3.41. The largest absolute Gasteiger partial charge is 0.369 e. The summed E-state index contributed by atoms with van der Waals surface area (Å²) in [6.07, 6.45) is 1.23. The van der Waals surface area contributed by atoms with Gasteiger partial charge in [-0.15, -0.1) is 0 Å². The van der Waals surface area contributed by atoms with Gasteiger partial charge in [-0.05, 0) is 18.2 Å². The van der Waals surface area contributed by atoms with E-state index in [1.165, 1.54) is 10.6 Å². The fourth-order valence-electron chi connectivity index (χ4n) is 2.10. The third-order valence-corrected chi connectivity index (χ3v) is 4.85. The number of nitriles is 1. The van der Waals surface area contributed by atoms with Crippen LogP contribution < -0.4 is 4.90 Å². The number of sulfonamides is 1. The van der Waals surface area contributed by atoms with E-state index >= 15 is 0 Å². The third-order valence-electron chi connectivity index (χ3n) is 3.08. The highest BCUT2D eigenvalue weighted by atomic mass is 79.9. The molecular formula is C12H14BrN3O2S. The number of benzene rings is 1. The van der Waals surface area contributed by atoms with Gasteiger partial charge in [-0.1, -0.05) is 15.9 Å². The molecule has 102 valence electrons. The predicted molar refractivity (Wildman–Crippen MR) is 77.5 cm³/mol. The molecule has 0 N–H and O–H groups in total. The Morgan fingerprint density at radius 2 is 1.84 bits per heavy atom. The number of piperazine rings is 1. The lowest BCUT2D eigenvalue weighted by molar-refractivity contribution is 0.388. The first-order chi connectivity index (χ1) is 8.90. The molecule has 1 saturated heterocycles. The van der Waals surface area contributed by atoms with Gasteiger partial charge in [0.15, 0.2) is 0 Å². The number of rotatable bonds is 2. The van der Waals surface area contributed by atoms with Crippen LogP contribution >= 0.6 is 15.9 Å². The molecule has 1 aliphatic rings. The summed E-state index contributed by atoms with van der Waals surface area (Å²) in [4.78, 5) is 2.09. The summed E-state index contributed by atoms with van der Waals surface area (Å²) < 4.78 is 25.2. The van der Waals surface area contributed by atoms with Crippen LogP contribution in [0.2, 0.25) is 0 Å². The molecule has 19 heavy (non-hydrogen) atoms. The van der Waals surface area contributed by atoms with Gasteiger partial charge in [-0.3, -0.25) is 0 Å². The topological polar surface area (TPSA) is 64.4 Å². The van der Waals surface area contributed by atoms with Crippen LogP contribution in [0.15, 0.2) is 22.7 Å². The van der Waals surface area contributed by atoms with Gasteiger partial charge >= 0.3 is 0 Å². The number of anilines is 1. The van der Waals surface area contributed by atoms with Crippen molar-refractivity contribution in [3.8, 4) is 6.07 Å². The minimum absolute atomic E-state index is 0.479. The normalized spacial score (nSPS) is 17.2. The summed E-state index contributed by atoms with van der Waals surface area (Å²) in [5.41, 5.74) is 1.54. The van der Waals surface area contributed by atoms with E-state index in [2.05, 4.69) is 26.9 Å². The molecule has 0 saturated carbocycles. The number of nitrogens with zero attached hydrogens (tertiary/aromatic N) is 3. The molecule has 0 aromatic heterocycles. The molecule has 1 heterocycles. The van der Waals surface area contributed by atoms with Gasteiger partial charge in [0.05, 0.1) is 17.9 Å². The van der Waals surface area contributed by atoms with E-state index in [1.807, 2.05) is 12.1 Å². The Morgan fingerprint density at radius 1 is 1.21 bits per heavy atom. The van der Waals surface area contributed by atoms with Gasteiger partial charge in [0.25, 0.3) is 0 Å². The molecule has 0 amide bonds. The average molecular weight is 344 g/mol. The van der Waals surface area contributed by atoms with Crippen molar-refractivity contribution in [1.82, 2.24) is 4.31 Å². The highest BCUT2D eigenvalue weighted by Gasteiger charge is 2.23. The lowest BCUT2D eigenvalue weighted by Gasteiger charge is -2.34. The minimum Gasteiger partial charge on any atom is -0.369 e. The van der Waals surface area contributed by atoms with Crippen LogP contribution in [0, 0.1) is 11.3 Å². The first-order valence-corrected chi connectivity index (χ1v) is 8.45. The van der Waals surface area contributed by atoms with Crippen molar-refractivity contribution < 1.29 is 8.42 Å². The van der Waals surface area contributed by atoms with Gasteiger partial charge in [0, 0.05) is 36.3 Å². The predicted octanol–water partition coefficient (Wildman–Crippen LogP) is 1.40. The summed E-state index contributed by atoms with van der Waals surface area (Å²) >= 11 is 3.38. The molecule has 0 unspecified atom stereocenters. The van der Waals surface area contributed by atoms with Gasteiger partial charge in [0.2, 0.25) is 10.0 Å². The van der Waals surface area contributed by atoms with Crippen molar-refractivity contribution >= 4 is 31.6 Å². The number of hydrogen-bond donors (Lipinski definition) is 0. The van der Waals surface area contributed by atoms with Crippen LogP contribution in [0.1, 0.15) is 5.56 Å². The van der Waals surface area contributed by atoms with Gasteiger partial charge in [-0.25, -0.2) is 8.42 Å². The van der Waals surface area contributed by atoms with Crippen molar-refractivity contribution in [2.45, 2.75) is 0 Å². The van der Waals surface area contributed by atoms with Crippen LogP contribution in [0.25, 0.3) is 0 Å². The van der Waals surface area contributed by atoms with E-state index in [0.29, 0.717) is 31.7 Å². The molecule has 5 nitrogen and oxygen atoms in total. The molecule has 0 spiro atoms. The van der Waals surface area contributed by atoms with Gasteiger partial charge in [0.1, 0.15) is 0 Å². The standard InChI is InChI=1S/C12H14BrN3O2S/c1-19(17,18)16-4-2-15(3-5-16)12-7-10(9-14)6-11(13)8-12/h6-8H,2-5H2,1H3. The molecule has 0 radical (unpaired) electrons. The maximum absolute atomic E-state index is 11.4. The summed E-state index contributed by atoms with van der Waals surface area (Å²) in [5, 5.41) is 8.96. The van der Waals surface area contributed by atoms with E-state index in [-0.39, 0.29) is 0 Å². The molecule has 0 aliphatic carbocycles. The molecule has 1 aromatic rings. The maximum Gasteiger partial charge on any atom is 0.211 e. The molecule has 1 aliphatic heterocycles. The molecule has 0 bridgehead atoms. The van der Waals surface area contributed by atoms with E-state index in [0.717, 1.165) is 10.2 Å². The van der Waals surface area contributed by atoms with Crippen molar-refractivity contribution in [2.75, 3.05) is 37.3 Å². The van der Waals surface area contributed by atoms with Crippen LogP contribution in [0.4, 0.5) is 5.69 Å². The molecule has 1 aromatic carbocycles. The third kappa shape index (κ3) is 3.47. The first kappa shape index (κ1) is 14.3. The molecule has 1 fully saturated rings. The number of hydrogen-bond acceptors (Lipinski definition) is 4. The Kier molecular flexibility index (Phi) is 4.13. The second kappa shape index (κ2) is 5.49. The Bertz CT molecular complexity index is 616. The average Bonchev–Trinajstić information content (AvgIpc) is 2.37. The summed E-state index contributed by atoms with van der Waals surface area (Å²) in [5.74, 6) is 0. The molecule has 0 atom stereocenters. The fraction of sp³-hybridized carbons (Fsp3) is 0.417. The smallest absolute Gasteiger partial charge is 0.211 e. The minimum atomic E-state index is -3.11. The summed E-state index contributed by atoms with van der Waals surface area (Å²) in [6.45, 7) is 2.23. The second-order valence-electron chi connectivity index (χ2n) is 4.46.